The van der Waals surface area contributed by atoms with E-state index >= 15 is 0 Å². The molecule has 1 rings (SSSR count). The largest absolute Gasteiger partial charge is 0.469 e. The highest BCUT2D eigenvalue weighted by Gasteiger charge is 2.17. The molecule has 2 N–H and O–H groups in total. The lowest BCUT2D eigenvalue weighted by Gasteiger charge is -2.23. The van der Waals surface area contributed by atoms with Crippen LogP contribution in [0, 0.1) is 6.92 Å². The number of phosphoric ester groups is 1. The highest BCUT2D eigenvalue weighted by Crippen LogP contribution is 2.35. The van der Waals surface area contributed by atoms with Crippen LogP contribution in [0.3, 0.4) is 0 Å². The van der Waals surface area contributed by atoms with Gasteiger partial charge in [0.2, 0.25) is 0 Å². The van der Waals surface area contributed by atoms with Crippen molar-refractivity contribution in [1.29, 1.82) is 0 Å². The Balaban J connectivity index is 2.01. The second-order valence-corrected chi connectivity index (χ2v) is 10.6. The number of unbranched alkanes of at least 4 members (excludes halogenated alkanes) is 10. The molecular weight excluding hydrogens is 383 g/mol. The van der Waals surface area contributed by atoms with Gasteiger partial charge in [0.05, 0.1) is 6.61 Å². The van der Waals surface area contributed by atoms with Gasteiger partial charge >= 0.3 is 7.82 Å². The zero-order chi connectivity index (χ0) is 21.8. The molecule has 0 aliphatic rings. The van der Waals surface area contributed by atoms with E-state index in [4.69, 9.17) is 9.79 Å². The van der Waals surface area contributed by atoms with Crippen LogP contribution in [0.1, 0.15) is 108 Å². The molecule has 0 saturated heterocycles. The van der Waals surface area contributed by atoms with Gasteiger partial charge in [0, 0.05) is 0 Å². The van der Waals surface area contributed by atoms with E-state index in [1.54, 1.807) is 0 Å². The van der Waals surface area contributed by atoms with E-state index in [1.165, 1.54) is 74.5 Å². The molecule has 0 aliphatic heterocycles. The summed E-state index contributed by atoms with van der Waals surface area (Å²) < 4.78 is 15.0. The highest BCUT2D eigenvalue weighted by atomic mass is 31.2. The van der Waals surface area contributed by atoms with Crippen LogP contribution in [0.5, 0.6) is 0 Å². The van der Waals surface area contributed by atoms with Gasteiger partial charge in [-0.15, -0.1) is 0 Å². The lowest BCUT2D eigenvalue weighted by molar-refractivity contribution is 0.193. The fourth-order valence-corrected chi connectivity index (χ4v) is 4.22. The molecule has 29 heavy (non-hydrogen) atoms. The predicted octanol–water partition coefficient (Wildman–Crippen LogP) is 7.24. The Morgan fingerprint density at radius 2 is 1.31 bits per heavy atom. The average Bonchev–Trinajstić information content (AvgIpc) is 2.60. The minimum Gasteiger partial charge on any atom is -0.303 e. The van der Waals surface area contributed by atoms with Crippen LogP contribution in [-0.4, -0.2) is 16.4 Å². The summed E-state index contributed by atoms with van der Waals surface area (Å²) in [5.41, 5.74) is 4.61. The number of aryl methyl sites for hydroxylation is 2. The maximum Gasteiger partial charge on any atom is 0.469 e. The molecule has 0 saturated carbocycles. The first-order chi connectivity index (χ1) is 13.6. The van der Waals surface area contributed by atoms with Crippen molar-refractivity contribution >= 4 is 7.82 Å². The van der Waals surface area contributed by atoms with Crippen LogP contribution in [0.15, 0.2) is 18.2 Å². The summed E-state index contributed by atoms with van der Waals surface area (Å²) in [6.07, 6.45) is 14.4. The van der Waals surface area contributed by atoms with Crippen LogP contribution in [-0.2, 0) is 20.9 Å². The molecule has 5 heteroatoms. The van der Waals surface area contributed by atoms with Gasteiger partial charge in [-0.1, -0.05) is 102 Å². The van der Waals surface area contributed by atoms with E-state index in [-0.39, 0.29) is 12.0 Å². The van der Waals surface area contributed by atoms with Gasteiger partial charge in [-0.05, 0) is 42.7 Å². The standard InChI is InChI=1S/C24H43O4P/c1-21-17-18-23(24(2,3)4)22(20-21)16-14-12-10-8-6-5-7-9-11-13-15-19-28-29(25,26)27/h17-18,20H,5-16,19H2,1-4H3,(H2,25,26,27). The van der Waals surface area contributed by atoms with Crippen molar-refractivity contribution < 1.29 is 18.9 Å². The fraction of sp³-hybridized carbons (Fsp3) is 0.750. The third kappa shape index (κ3) is 13.3. The Labute approximate surface area is 178 Å². The molecule has 0 atom stereocenters. The topological polar surface area (TPSA) is 66.8 Å². The quantitative estimate of drug-likeness (QED) is 0.229. The zero-order valence-corrected chi connectivity index (χ0v) is 20.0. The van der Waals surface area contributed by atoms with E-state index in [9.17, 15) is 4.57 Å². The maximum absolute atomic E-state index is 10.5. The summed E-state index contributed by atoms with van der Waals surface area (Å²) in [6, 6.07) is 6.93. The number of hydrogen-bond donors (Lipinski definition) is 2. The predicted molar refractivity (Wildman–Crippen MR) is 122 cm³/mol. The third-order valence-corrected chi connectivity index (χ3v) is 5.94. The smallest absolute Gasteiger partial charge is 0.303 e. The molecule has 0 spiro atoms. The normalized spacial score (nSPS) is 12.5. The van der Waals surface area contributed by atoms with Crippen molar-refractivity contribution in [1.82, 2.24) is 0 Å². The van der Waals surface area contributed by atoms with Crippen molar-refractivity contribution in [2.24, 2.45) is 0 Å². The van der Waals surface area contributed by atoms with Crippen LogP contribution >= 0.6 is 7.82 Å². The van der Waals surface area contributed by atoms with E-state index < -0.39 is 7.82 Å². The highest BCUT2D eigenvalue weighted by molar-refractivity contribution is 7.46. The first-order valence-corrected chi connectivity index (χ1v) is 12.9. The molecule has 0 amide bonds. The molecule has 0 fully saturated rings. The monoisotopic (exact) mass is 426 g/mol. The minimum atomic E-state index is -4.28. The Hall–Kier alpha value is -0.670. The average molecular weight is 427 g/mol. The molecule has 0 bridgehead atoms. The van der Waals surface area contributed by atoms with Crippen molar-refractivity contribution in [2.45, 2.75) is 110 Å². The SMILES string of the molecule is Cc1ccc(C(C)(C)C)c(CCCCCCCCCCCCCOP(=O)(O)O)c1. The van der Waals surface area contributed by atoms with E-state index in [1.807, 2.05) is 0 Å². The first kappa shape index (κ1) is 26.4. The van der Waals surface area contributed by atoms with Crippen LogP contribution in [0.25, 0.3) is 0 Å². The second kappa shape index (κ2) is 13.6. The number of hydrogen-bond acceptors (Lipinski definition) is 2. The van der Waals surface area contributed by atoms with Gasteiger partial charge in [0.15, 0.2) is 0 Å². The third-order valence-electron chi connectivity index (χ3n) is 5.42. The Kier molecular flexibility index (Phi) is 12.4. The number of benzene rings is 1. The van der Waals surface area contributed by atoms with Gasteiger partial charge in [-0.2, -0.15) is 0 Å². The van der Waals surface area contributed by atoms with Gasteiger partial charge in [0.25, 0.3) is 0 Å². The van der Waals surface area contributed by atoms with Crippen molar-refractivity contribution in [2.75, 3.05) is 6.61 Å². The zero-order valence-electron chi connectivity index (χ0n) is 19.1. The molecule has 0 unspecified atom stereocenters. The minimum absolute atomic E-state index is 0.157. The van der Waals surface area contributed by atoms with Crippen molar-refractivity contribution in [3.05, 3.63) is 34.9 Å². The molecule has 0 aromatic heterocycles. The molecule has 4 nitrogen and oxygen atoms in total. The molecule has 0 radical (unpaired) electrons. The lowest BCUT2D eigenvalue weighted by atomic mass is 9.82. The Bertz CT molecular complexity index is 616. The van der Waals surface area contributed by atoms with Crippen LogP contribution in [0.2, 0.25) is 0 Å². The van der Waals surface area contributed by atoms with E-state index in [0.29, 0.717) is 0 Å². The van der Waals surface area contributed by atoms with Crippen LogP contribution in [0.4, 0.5) is 0 Å². The van der Waals surface area contributed by atoms with Gasteiger partial charge in [-0.25, -0.2) is 4.57 Å². The van der Waals surface area contributed by atoms with E-state index in [2.05, 4.69) is 50.4 Å². The van der Waals surface area contributed by atoms with Crippen LogP contribution < -0.4 is 0 Å². The van der Waals surface area contributed by atoms with Gasteiger partial charge < -0.3 is 9.79 Å². The summed E-state index contributed by atoms with van der Waals surface area (Å²) in [6.45, 7) is 9.25. The van der Waals surface area contributed by atoms with Gasteiger partial charge in [0.1, 0.15) is 0 Å². The number of phosphoric acid groups is 1. The second-order valence-electron chi connectivity index (χ2n) is 9.37. The molecular formula is C24H43O4P. The Morgan fingerprint density at radius 3 is 1.79 bits per heavy atom. The summed E-state index contributed by atoms with van der Waals surface area (Å²) in [4.78, 5) is 17.2. The summed E-state index contributed by atoms with van der Waals surface area (Å²) >= 11 is 0. The molecule has 1 aromatic rings. The molecule has 168 valence electrons. The molecule has 0 aliphatic carbocycles. The Morgan fingerprint density at radius 1 is 0.828 bits per heavy atom. The summed E-state index contributed by atoms with van der Waals surface area (Å²) in [5, 5.41) is 0. The maximum atomic E-state index is 10.5. The molecule has 1 aromatic carbocycles. The number of rotatable bonds is 15. The van der Waals surface area contributed by atoms with Crippen molar-refractivity contribution in [3.63, 3.8) is 0 Å². The fourth-order valence-electron chi connectivity index (χ4n) is 3.85. The van der Waals surface area contributed by atoms with Gasteiger partial charge in [-0.3, -0.25) is 4.52 Å². The lowest BCUT2D eigenvalue weighted by Crippen LogP contribution is -2.14. The van der Waals surface area contributed by atoms with E-state index in [0.717, 1.165) is 19.3 Å². The summed E-state index contributed by atoms with van der Waals surface area (Å²) in [5.74, 6) is 0. The summed E-state index contributed by atoms with van der Waals surface area (Å²) in [7, 11) is -4.28. The van der Waals surface area contributed by atoms with Crippen molar-refractivity contribution in [3.8, 4) is 0 Å². The molecule has 0 heterocycles. The first-order valence-electron chi connectivity index (χ1n) is 11.4.